The molecule has 0 spiro atoms. The summed E-state index contributed by atoms with van der Waals surface area (Å²) in [6.07, 6.45) is 1.65. The zero-order valence-corrected chi connectivity index (χ0v) is 12.4. The van der Waals surface area contributed by atoms with Crippen molar-refractivity contribution in [3.63, 3.8) is 0 Å². The van der Waals surface area contributed by atoms with Crippen molar-refractivity contribution in [2.24, 2.45) is 0 Å². The Morgan fingerprint density at radius 2 is 2.00 bits per heavy atom. The first kappa shape index (κ1) is 14.3. The molecule has 0 aliphatic rings. The number of carbonyl (C=O) groups is 1. The van der Waals surface area contributed by atoms with Crippen molar-refractivity contribution in [1.82, 2.24) is 0 Å². The van der Waals surface area contributed by atoms with Crippen molar-refractivity contribution in [3.05, 3.63) is 54.0 Å². The van der Waals surface area contributed by atoms with Gasteiger partial charge in [-0.15, -0.1) is 23.5 Å². The summed E-state index contributed by atoms with van der Waals surface area (Å²) in [5, 5.41) is 0. The lowest BCUT2D eigenvalue weighted by atomic mass is 10.1. The molecule has 0 unspecified atom stereocenters. The normalized spacial score (nSPS) is 10.6. The Bertz CT molecular complexity index is 503. The van der Waals surface area contributed by atoms with Crippen LogP contribution in [-0.2, 0) is 5.75 Å². The van der Waals surface area contributed by atoms with Crippen LogP contribution in [-0.4, -0.2) is 17.3 Å². The molecule has 19 heavy (non-hydrogen) atoms. The Labute approximate surface area is 122 Å². The fraction of sp³-hybridized carbons (Fsp3) is 0.267. The number of hydrogen-bond donors (Lipinski definition) is 0. The molecule has 0 fully saturated rings. The maximum Gasteiger partial charge on any atom is 0.172 e. The topological polar surface area (TPSA) is 30.2 Å². The highest BCUT2D eigenvalue weighted by molar-refractivity contribution is 7.99. The summed E-state index contributed by atoms with van der Waals surface area (Å²) in [5.74, 6) is 3.35. The number of benzene rings is 1. The molecule has 0 atom stereocenters. The summed E-state index contributed by atoms with van der Waals surface area (Å²) in [6, 6.07) is 11.6. The fourth-order valence-electron chi connectivity index (χ4n) is 1.63. The minimum absolute atomic E-state index is 0.171. The van der Waals surface area contributed by atoms with Gasteiger partial charge in [-0.25, -0.2) is 0 Å². The standard InChI is InChI=1S/C15H16O2S2/c1-2-19-14-7-5-12(6-8-14)15(16)11-18-10-13-4-3-9-17-13/h3-9H,2,10-11H2,1H3. The quantitative estimate of drug-likeness (QED) is 0.555. The van der Waals surface area contributed by atoms with E-state index in [0.29, 0.717) is 5.75 Å². The molecule has 4 heteroatoms. The Balaban J connectivity index is 1.82. The predicted octanol–water partition coefficient (Wildman–Crippen LogP) is 4.51. The van der Waals surface area contributed by atoms with E-state index >= 15 is 0 Å². The van der Waals surface area contributed by atoms with Crippen molar-refractivity contribution in [2.75, 3.05) is 11.5 Å². The highest BCUT2D eigenvalue weighted by Crippen LogP contribution is 2.19. The molecule has 2 aromatic rings. The van der Waals surface area contributed by atoms with Crippen molar-refractivity contribution >= 4 is 29.3 Å². The van der Waals surface area contributed by atoms with Crippen LogP contribution in [0.3, 0.4) is 0 Å². The van der Waals surface area contributed by atoms with E-state index < -0.39 is 0 Å². The maximum atomic E-state index is 12.0. The lowest BCUT2D eigenvalue weighted by molar-refractivity contribution is 0.102. The van der Waals surface area contributed by atoms with Crippen LogP contribution in [0.5, 0.6) is 0 Å². The molecule has 1 heterocycles. The molecule has 0 aliphatic carbocycles. The third-order valence-corrected chi connectivity index (χ3v) is 4.39. The monoisotopic (exact) mass is 292 g/mol. The van der Waals surface area contributed by atoms with Crippen LogP contribution in [0.4, 0.5) is 0 Å². The first-order chi connectivity index (χ1) is 9.29. The summed E-state index contributed by atoms with van der Waals surface area (Å²) in [4.78, 5) is 13.2. The van der Waals surface area contributed by atoms with Gasteiger partial charge in [0.1, 0.15) is 5.76 Å². The van der Waals surface area contributed by atoms with Gasteiger partial charge in [-0.1, -0.05) is 19.1 Å². The Kier molecular flexibility index (Phi) is 5.61. The molecule has 0 bridgehead atoms. The van der Waals surface area contributed by atoms with Gasteiger partial charge in [0, 0.05) is 10.5 Å². The van der Waals surface area contributed by atoms with Gasteiger partial charge in [0.25, 0.3) is 0 Å². The van der Waals surface area contributed by atoms with E-state index in [1.165, 1.54) is 4.90 Å². The third kappa shape index (κ3) is 4.48. The first-order valence-electron chi connectivity index (χ1n) is 6.16. The summed E-state index contributed by atoms with van der Waals surface area (Å²) < 4.78 is 5.23. The summed E-state index contributed by atoms with van der Waals surface area (Å²) in [7, 11) is 0. The molecule has 2 rings (SSSR count). The number of ketones is 1. The summed E-state index contributed by atoms with van der Waals surface area (Å²) in [6.45, 7) is 2.12. The lowest BCUT2D eigenvalue weighted by Gasteiger charge is -2.02. The average Bonchev–Trinajstić information content (AvgIpc) is 2.93. The van der Waals surface area contributed by atoms with Crippen LogP contribution in [0.25, 0.3) is 0 Å². The van der Waals surface area contributed by atoms with Gasteiger partial charge >= 0.3 is 0 Å². The molecule has 1 aromatic carbocycles. The highest BCUT2D eigenvalue weighted by atomic mass is 32.2. The predicted molar refractivity (Wildman–Crippen MR) is 82.0 cm³/mol. The summed E-state index contributed by atoms with van der Waals surface area (Å²) in [5.41, 5.74) is 0.785. The van der Waals surface area contributed by atoms with E-state index in [0.717, 1.165) is 22.8 Å². The van der Waals surface area contributed by atoms with E-state index in [1.807, 2.05) is 36.4 Å². The molecule has 2 nitrogen and oxygen atoms in total. The van der Waals surface area contributed by atoms with Gasteiger partial charge in [0.15, 0.2) is 5.78 Å². The van der Waals surface area contributed by atoms with Crippen molar-refractivity contribution in [3.8, 4) is 0 Å². The van der Waals surface area contributed by atoms with Crippen LogP contribution in [0.15, 0.2) is 52.0 Å². The van der Waals surface area contributed by atoms with Gasteiger partial charge in [0.2, 0.25) is 0 Å². The molecular formula is C15H16O2S2. The van der Waals surface area contributed by atoms with Gasteiger partial charge in [-0.3, -0.25) is 4.79 Å². The zero-order chi connectivity index (χ0) is 13.5. The average molecular weight is 292 g/mol. The van der Waals surface area contributed by atoms with Crippen LogP contribution in [0, 0.1) is 0 Å². The minimum Gasteiger partial charge on any atom is -0.468 e. The molecule has 0 amide bonds. The molecule has 0 aliphatic heterocycles. The molecule has 100 valence electrons. The SMILES string of the molecule is CCSc1ccc(C(=O)CSCc2ccco2)cc1. The number of furan rings is 1. The number of carbonyl (C=O) groups excluding carboxylic acids is 1. The summed E-state index contributed by atoms with van der Waals surface area (Å²) >= 11 is 3.36. The van der Waals surface area contributed by atoms with Crippen LogP contribution >= 0.6 is 23.5 Å². The van der Waals surface area contributed by atoms with Crippen LogP contribution < -0.4 is 0 Å². The second-order valence-corrected chi connectivity index (χ2v) is 6.28. The van der Waals surface area contributed by atoms with Crippen LogP contribution in [0.2, 0.25) is 0 Å². The van der Waals surface area contributed by atoms with E-state index in [-0.39, 0.29) is 5.78 Å². The van der Waals surface area contributed by atoms with E-state index in [9.17, 15) is 4.79 Å². The van der Waals surface area contributed by atoms with Gasteiger partial charge in [0.05, 0.1) is 17.8 Å². The third-order valence-electron chi connectivity index (χ3n) is 2.54. The van der Waals surface area contributed by atoms with Crippen molar-refractivity contribution in [1.29, 1.82) is 0 Å². The van der Waals surface area contributed by atoms with E-state index in [2.05, 4.69) is 6.92 Å². The first-order valence-corrected chi connectivity index (χ1v) is 8.30. The zero-order valence-electron chi connectivity index (χ0n) is 10.8. The Morgan fingerprint density at radius 1 is 1.21 bits per heavy atom. The second-order valence-electron chi connectivity index (χ2n) is 3.95. The second kappa shape index (κ2) is 7.46. The molecular weight excluding hydrogens is 276 g/mol. The molecule has 1 aromatic heterocycles. The molecule has 0 saturated carbocycles. The lowest BCUT2D eigenvalue weighted by Crippen LogP contribution is -2.02. The number of thioether (sulfide) groups is 2. The molecule has 0 N–H and O–H groups in total. The van der Waals surface area contributed by atoms with Gasteiger partial charge in [-0.05, 0) is 30.0 Å². The van der Waals surface area contributed by atoms with Crippen molar-refractivity contribution in [2.45, 2.75) is 17.6 Å². The fourth-order valence-corrected chi connectivity index (χ4v) is 3.11. The van der Waals surface area contributed by atoms with Crippen molar-refractivity contribution < 1.29 is 9.21 Å². The number of hydrogen-bond acceptors (Lipinski definition) is 4. The Hall–Kier alpha value is -1.13. The number of rotatable bonds is 7. The van der Waals surface area contributed by atoms with Crippen LogP contribution in [0.1, 0.15) is 23.0 Å². The molecule has 0 saturated heterocycles. The van der Waals surface area contributed by atoms with Gasteiger partial charge in [-0.2, -0.15) is 0 Å². The smallest absolute Gasteiger partial charge is 0.172 e. The van der Waals surface area contributed by atoms with E-state index in [4.69, 9.17) is 4.42 Å². The van der Waals surface area contributed by atoms with Gasteiger partial charge < -0.3 is 4.42 Å². The highest BCUT2D eigenvalue weighted by Gasteiger charge is 2.06. The van der Waals surface area contributed by atoms with E-state index in [1.54, 1.807) is 29.8 Å². The number of Topliss-reactive ketones (excluding diaryl/α,β-unsaturated/α-hetero) is 1. The largest absolute Gasteiger partial charge is 0.468 e. The molecule has 0 radical (unpaired) electrons. The minimum atomic E-state index is 0.171. The Morgan fingerprint density at radius 3 is 2.63 bits per heavy atom. The maximum absolute atomic E-state index is 12.0.